The quantitative estimate of drug-likeness (QED) is 0.916. The van der Waals surface area contributed by atoms with Crippen molar-refractivity contribution in [3.05, 3.63) is 36.3 Å². The number of carbonyl (C=O) groups excluding carboxylic acids is 1. The van der Waals surface area contributed by atoms with E-state index in [0.717, 1.165) is 29.7 Å². The van der Waals surface area contributed by atoms with Gasteiger partial charge in [0.25, 0.3) is 0 Å². The van der Waals surface area contributed by atoms with Gasteiger partial charge < -0.3 is 10.1 Å². The highest BCUT2D eigenvalue weighted by Gasteiger charge is 2.38. The Morgan fingerprint density at radius 3 is 2.91 bits per heavy atom. The lowest BCUT2D eigenvalue weighted by atomic mass is 9.77. The molecule has 1 aromatic carbocycles. The van der Waals surface area contributed by atoms with Crippen LogP contribution in [0.4, 0.5) is 9.52 Å². The summed E-state index contributed by atoms with van der Waals surface area (Å²) in [5.41, 5.74) is 0.391. The molecule has 122 valence electrons. The summed E-state index contributed by atoms with van der Waals surface area (Å²) in [6.07, 6.45) is 3.91. The molecule has 1 fully saturated rings. The average Bonchev–Trinajstić information content (AvgIpc) is 3.04. The molecule has 1 saturated heterocycles. The molecule has 0 aliphatic carbocycles. The average molecular weight is 334 g/mol. The van der Waals surface area contributed by atoms with E-state index < -0.39 is 0 Å². The second kappa shape index (κ2) is 6.76. The van der Waals surface area contributed by atoms with Gasteiger partial charge in [-0.3, -0.25) is 4.79 Å². The van der Waals surface area contributed by atoms with Gasteiger partial charge in [0.15, 0.2) is 5.13 Å². The van der Waals surface area contributed by atoms with Gasteiger partial charge in [0.2, 0.25) is 5.91 Å². The fourth-order valence-electron chi connectivity index (χ4n) is 2.84. The lowest BCUT2D eigenvalue weighted by molar-refractivity contribution is -0.131. The van der Waals surface area contributed by atoms with Crippen molar-refractivity contribution in [3.63, 3.8) is 0 Å². The summed E-state index contributed by atoms with van der Waals surface area (Å²) in [4.78, 5) is 17.7. The van der Waals surface area contributed by atoms with E-state index >= 15 is 0 Å². The zero-order valence-electron chi connectivity index (χ0n) is 13.0. The molecule has 0 radical (unpaired) electrons. The molecule has 1 N–H and O–H groups in total. The van der Waals surface area contributed by atoms with Crippen molar-refractivity contribution in [2.24, 2.45) is 5.41 Å². The van der Waals surface area contributed by atoms with Gasteiger partial charge in [0.05, 0.1) is 10.3 Å². The molecule has 0 saturated carbocycles. The molecule has 2 heterocycles. The summed E-state index contributed by atoms with van der Waals surface area (Å²) in [6, 6.07) is 6.36. The smallest absolute Gasteiger partial charge is 0.232 e. The maximum atomic E-state index is 13.3. The molecule has 23 heavy (non-hydrogen) atoms. The van der Waals surface area contributed by atoms with Gasteiger partial charge in [0, 0.05) is 19.4 Å². The normalized spacial score (nSPS) is 17.0. The van der Waals surface area contributed by atoms with Crippen molar-refractivity contribution < 1.29 is 13.9 Å². The number of aromatic nitrogens is 1. The van der Waals surface area contributed by atoms with Gasteiger partial charge in [-0.25, -0.2) is 9.37 Å². The van der Waals surface area contributed by atoms with Crippen LogP contribution in [0.1, 0.15) is 26.2 Å². The van der Waals surface area contributed by atoms with Crippen molar-refractivity contribution in [3.8, 4) is 10.4 Å². The van der Waals surface area contributed by atoms with E-state index in [1.807, 2.05) is 13.0 Å². The summed E-state index contributed by atoms with van der Waals surface area (Å²) in [5, 5.41) is 3.48. The largest absolute Gasteiger partial charge is 0.381 e. The molecular formula is C17H19FN2O2S. The van der Waals surface area contributed by atoms with Gasteiger partial charge >= 0.3 is 0 Å². The van der Waals surface area contributed by atoms with Gasteiger partial charge in [0.1, 0.15) is 5.82 Å². The number of thiazole rings is 1. The number of ether oxygens (including phenoxy) is 1. The molecule has 1 amide bonds. The number of carbonyl (C=O) groups is 1. The third kappa shape index (κ3) is 3.43. The van der Waals surface area contributed by atoms with Crippen molar-refractivity contribution in [2.45, 2.75) is 26.2 Å². The second-order valence-electron chi connectivity index (χ2n) is 5.74. The molecule has 1 aromatic heterocycles. The molecule has 0 atom stereocenters. The van der Waals surface area contributed by atoms with Gasteiger partial charge in [-0.2, -0.15) is 0 Å². The van der Waals surface area contributed by atoms with Gasteiger partial charge in [-0.1, -0.05) is 30.4 Å². The van der Waals surface area contributed by atoms with E-state index in [1.165, 1.54) is 23.5 Å². The predicted octanol–water partition coefficient (Wildman–Crippen LogP) is 4.09. The van der Waals surface area contributed by atoms with Crippen LogP contribution in [0.5, 0.6) is 0 Å². The Morgan fingerprint density at radius 2 is 2.22 bits per heavy atom. The number of rotatable bonds is 4. The van der Waals surface area contributed by atoms with Crippen LogP contribution in [0.25, 0.3) is 10.4 Å². The minimum Gasteiger partial charge on any atom is -0.381 e. The predicted molar refractivity (Wildman–Crippen MR) is 88.9 cm³/mol. The first-order valence-corrected chi connectivity index (χ1v) is 8.55. The van der Waals surface area contributed by atoms with Crippen LogP contribution in [0.3, 0.4) is 0 Å². The Morgan fingerprint density at radius 1 is 1.43 bits per heavy atom. The third-order valence-electron chi connectivity index (χ3n) is 4.44. The number of anilines is 1. The van der Waals surface area contributed by atoms with E-state index in [4.69, 9.17) is 4.74 Å². The standard InChI is InChI=1S/C17H19FN2O2S/c1-2-17(6-8-22-9-7-17)15(21)20-16-19-11-14(23-16)12-4-3-5-13(18)10-12/h3-5,10-11H,2,6-9H2,1H3,(H,19,20,21). The summed E-state index contributed by atoms with van der Waals surface area (Å²) >= 11 is 1.36. The Kier molecular flexibility index (Phi) is 4.73. The summed E-state index contributed by atoms with van der Waals surface area (Å²) in [6.45, 7) is 3.27. The zero-order valence-corrected chi connectivity index (χ0v) is 13.8. The first-order chi connectivity index (χ1) is 11.1. The van der Waals surface area contributed by atoms with Crippen LogP contribution < -0.4 is 5.32 Å². The van der Waals surface area contributed by atoms with Crippen molar-refractivity contribution in [2.75, 3.05) is 18.5 Å². The van der Waals surface area contributed by atoms with Crippen molar-refractivity contribution in [1.82, 2.24) is 4.98 Å². The van der Waals surface area contributed by atoms with Crippen LogP contribution in [-0.4, -0.2) is 24.1 Å². The zero-order chi connectivity index (χ0) is 16.3. The van der Waals surface area contributed by atoms with Crippen LogP contribution >= 0.6 is 11.3 Å². The van der Waals surface area contributed by atoms with E-state index in [-0.39, 0.29) is 17.1 Å². The summed E-state index contributed by atoms with van der Waals surface area (Å²) in [7, 11) is 0. The Balaban J connectivity index is 1.75. The van der Waals surface area contributed by atoms with E-state index in [0.29, 0.717) is 18.3 Å². The number of amides is 1. The van der Waals surface area contributed by atoms with E-state index in [9.17, 15) is 9.18 Å². The minimum atomic E-state index is -0.372. The summed E-state index contributed by atoms with van der Waals surface area (Å²) in [5.74, 6) is -0.280. The highest BCUT2D eigenvalue weighted by Crippen LogP contribution is 2.36. The number of hydrogen-bond donors (Lipinski definition) is 1. The Bertz CT molecular complexity index is 695. The molecule has 0 unspecified atom stereocenters. The van der Waals surface area contributed by atoms with Crippen LogP contribution in [0, 0.1) is 11.2 Å². The number of benzene rings is 1. The maximum absolute atomic E-state index is 13.3. The second-order valence-corrected chi connectivity index (χ2v) is 6.77. The fraction of sp³-hybridized carbons (Fsp3) is 0.412. The topological polar surface area (TPSA) is 51.2 Å². The highest BCUT2D eigenvalue weighted by atomic mass is 32.1. The van der Waals surface area contributed by atoms with Crippen molar-refractivity contribution >= 4 is 22.4 Å². The molecule has 1 aliphatic rings. The molecular weight excluding hydrogens is 315 g/mol. The molecule has 4 nitrogen and oxygen atoms in total. The lowest BCUT2D eigenvalue weighted by Gasteiger charge is -2.34. The molecule has 2 aromatic rings. The third-order valence-corrected chi connectivity index (χ3v) is 5.41. The van der Waals surface area contributed by atoms with Crippen LogP contribution in [0.2, 0.25) is 0 Å². The monoisotopic (exact) mass is 334 g/mol. The summed E-state index contributed by atoms with van der Waals surface area (Å²) < 4.78 is 18.7. The van der Waals surface area contributed by atoms with Gasteiger partial charge in [-0.05, 0) is 37.0 Å². The SMILES string of the molecule is CCC1(C(=O)Nc2ncc(-c3cccc(F)c3)s2)CCOCC1. The number of nitrogens with one attached hydrogen (secondary N) is 1. The highest BCUT2D eigenvalue weighted by molar-refractivity contribution is 7.19. The molecule has 0 bridgehead atoms. The molecule has 0 spiro atoms. The Hall–Kier alpha value is -1.79. The fourth-order valence-corrected chi connectivity index (χ4v) is 3.65. The lowest BCUT2D eigenvalue weighted by Crippen LogP contribution is -2.40. The van der Waals surface area contributed by atoms with E-state index in [2.05, 4.69) is 10.3 Å². The van der Waals surface area contributed by atoms with Crippen molar-refractivity contribution in [1.29, 1.82) is 0 Å². The molecule has 6 heteroatoms. The Labute approximate surface area is 138 Å². The number of nitrogens with zero attached hydrogens (tertiary/aromatic N) is 1. The molecule has 3 rings (SSSR count). The number of halogens is 1. The maximum Gasteiger partial charge on any atom is 0.232 e. The number of hydrogen-bond acceptors (Lipinski definition) is 4. The molecule has 1 aliphatic heterocycles. The first kappa shape index (κ1) is 16.1. The first-order valence-electron chi connectivity index (χ1n) is 7.74. The minimum absolute atomic E-state index is 0.00319. The van der Waals surface area contributed by atoms with Gasteiger partial charge in [-0.15, -0.1) is 0 Å². The van der Waals surface area contributed by atoms with Crippen LogP contribution in [-0.2, 0) is 9.53 Å². The van der Waals surface area contributed by atoms with Crippen LogP contribution in [0.15, 0.2) is 30.5 Å². The van der Waals surface area contributed by atoms with E-state index in [1.54, 1.807) is 12.3 Å².